The number of oxime groups is 1. The Balaban J connectivity index is 2.25. The minimum absolute atomic E-state index is 0.313. The van der Waals surface area contributed by atoms with Crippen LogP contribution in [0.25, 0.3) is 6.08 Å². The van der Waals surface area contributed by atoms with Crippen molar-refractivity contribution in [3.8, 4) is 0 Å². The van der Waals surface area contributed by atoms with Gasteiger partial charge in [0.05, 0.1) is 5.69 Å². The van der Waals surface area contributed by atoms with Crippen molar-refractivity contribution >= 4 is 11.8 Å². The summed E-state index contributed by atoms with van der Waals surface area (Å²) < 4.78 is 17.9. The van der Waals surface area contributed by atoms with Crippen molar-refractivity contribution in [2.75, 3.05) is 0 Å². The number of aromatic nitrogens is 1. The van der Waals surface area contributed by atoms with Crippen LogP contribution in [0.4, 0.5) is 4.39 Å². The first-order valence-corrected chi connectivity index (χ1v) is 5.70. The lowest BCUT2D eigenvalue weighted by atomic mass is 10.1. The summed E-state index contributed by atoms with van der Waals surface area (Å²) in [7, 11) is 0. The molecule has 1 aromatic heterocycles. The van der Waals surface area contributed by atoms with Gasteiger partial charge in [-0.2, -0.15) is 0 Å². The number of rotatable bonds is 3. The Labute approximate surface area is 109 Å². The van der Waals surface area contributed by atoms with Crippen LogP contribution in [-0.4, -0.2) is 16.1 Å². The van der Waals surface area contributed by atoms with Gasteiger partial charge in [-0.15, -0.1) is 0 Å². The van der Waals surface area contributed by atoms with E-state index in [0.29, 0.717) is 17.0 Å². The van der Waals surface area contributed by atoms with Crippen molar-refractivity contribution < 1.29 is 14.1 Å². The molecule has 0 radical (unpaired) electrons. The summed E-state index contributed by atoms with van der Waals surface area (Å²) in [6.45, 7) is 3.73. The van der Waals surface area contributed by atoms with E-state index >= 15 is 0 Å². The van der Waals surface area contributed by atoms with E-state index in [9.17, 15) is 4.39 Å². The highest BCUT2D eigenvalue weighted by atomic mass is 19.1. The van der Waals surface area contributed by atoms with Crippen LogP contribution in [0.5, 0.6) is 0 Å². The van der Waals surface area contributed by atoms with E-state index in [1.807, 2.05) is 13.8 Å². The molecule has 0 amide bonds. The molecule has 2 aromatic rings. The van der Waals surface area contributed by atoms with E-state index in [1.54, 1.807) is 12.2 Å². The molecule has 0 spiro atoms. The molecular weight excluding hydrogens is 247 g/mol. The lowest BCUT2D eigenvalue weighted by molar-refractivity contribution is 0.320. The second kappa shape index (κ2) is 5.48. The molecule has 4 nitrogen and oxygen atoms in total. The molecule has 0 saturated heterocycles. The van der Waals surface area contributed by atoms with Crippen LogP contribution in [0.1, 0.15) is 22.6 Å². The van der Waals surface area contributed by atoms with E-state index in [2.05, 4.69) is 10.3 Å². The lowest BCUT2D eigenvalue weighted by Crippen LogP contribution is -1.96. The minimum Gasteiger partial charge on any atom is -0.410 e. The topological polar surface area (TPSA) is 58.6 Å². The monoisotopic (exact) mass is 260 g/mol. The number of hydrogen-bond acceptors (Lipinski definition) is 4. The SMILES string of the molecule is Cc1noc(/C=C\C(=N\O)c2ccc(F)cc2)c1C. The molecular formula is C14H13FN2O2. The average Bonchev–Trinajstić information content (AvgIpc) is 2.73. The van der Waals surface area contributed by atoms with Gasteiger partial charge >= 0.3 is 0 Å². The zero-order chi connectivity index (χ0) is 13.8. The molecule has 0 aliphatic carbocycles. The van der Waals surface area contributed by atoms with Gasteiger partial charge in [-0.3, -0.25) is 0 Å². The first-order valence-electron chi connectivity index (χ1n) is 5.70. The summed E-state index contributed by atoms with van der Waals surface area (Å²) >= 11 is 0. The third kappa shape index (κ3) is 2.88. The maximum atomic E-state index is 12.8. The highest BCUT2D eigenvalue weighted by molar-refractivity contribution is 6.10. The number of halogens is 1. The molecule has 1 aromatic carbocycles. The molecule has 0 saturated carbocycles. The molecule has 98 valence electrons. The Morgan fingerprint density at radius 1 is 1.32 bits per heavy atom. The van der Waals surface area contributed by atoms with Gasteiger partial charge in [0.2, 0.25) is 0 Å². The number of aryl methyl sites for hydroxylation is 1. The molecule has 0 unspecified atom stereocenters. The van der Waals surface area contributed by atoms with Gasteiger partial charge in [0.15, 0.2) is 5.76 Å². The van der Waals surface area contributed by atoms with Gasteiger partial charge in [-0.1, -0.05) is 10.3 Å². The predicted octanol–water partition coefficient (Wildman–Crippen LogP) is 3.32. The Hall–Kier alpha value is -2.43. The fraction of sp³-hybridized carbons (Fsp3) is 0.143. The van der Waals surface area contributed by atoms with E-state index in [4.69, 9.17) is 9.73 Å². The molecule has 0 bridgehead atoms. The average molecular weight is 260 g/mol. The first-order chi connectivity index (χ1) is 9.11. The van der Waals surface area contributed by atoms with Crippen molar-refractivity contribution in [3.63, 3.8) is 0 Å². The number of hydrogen-bond donors (Lipinski definition) is 1. The second-order valence-electron chi connectivity index (χ2n) is 4.08. The molecule has 1 heterocycles. The van der Waals surface area contributed by atoms with Crippen molar-refractivity contribution in [1.29, 1.82) is 0 Å². The van der Waals surface area contributed by atoms with Gasteiger partial charge < -0.3 is 9.73 Å². The van der Waals surface area contributed by atoms with E-state index in [0.717, 1.165) is 11.3 Å². The Morgan fingerprint density at radius 2 is 2.00 bits per heavy atom. The summed E-state index contributed by atoms with van der Waals surface area (Å²) in [6.07, 6.45) is 3.24. The number of benzene rings is 1. The van der Waals surface area contributed by atoms with Crippen LogP contribution in [-0.2, 0) is 0 Å². The zero-order valence-electron chi connectivity index (χ0n) is 10.6. The van der Waals surface area contributed by atoms with Crippen molar-refractivity contribution in [1.82, 2.24) is 5.16 Å². The summed E-state index contributed by atoms with van der Waals surface area (Å²) in [5.74, 6) is 0.257. The maximum absolute atomic E-state index is 12.8. The highest BCUT2D eigenvalue weighted by Gasteiger charge is 2.06. The van der Waals surface area contributed by atoms with Crippen LogP contribution in [0.15, 0.2) is 40.0 Å². The standard InChI is InChI=1S/C14H13FN2O2/c1-9-10(2)17-19-14(9)8-7-13(16-18)11-3-5-12(15)6-4-11/h3-8,18H,1-2H3/b8-7-,16-13-. The smallest absolute Gasteiger partial charge is 0.162 e. The predicted molar refractivity (Wildman–Crippen MR) is 69.7 cm³/mol. The lowest BCUT2D eigenvalue weighted by Gasteiger charge is -1.98. The van der Waals surface area contributed by atoms with E-state index in [-0.39, 0.29) is 5.82 Å². The third-order valence-corrected chi connectivity index (χ3v) is 2.83. The van der Waals surface area contributed by atoms with Crippen LogP contribution in [0.2, 0.25) is 0 Å². The third-order valence-electron chi connectivity index (χ3n) is 2.83. The van der Waals surface area contributed by atoms with Crippen LogP contribution < -0.4 is 0 Å². The second-order valence-corrected chi connectivity index (χ2v) is 4.08. The van der Waals surface area contributed by atoms with Gasteiger partial charge in [-0.05, 0) is 50.3 Å². The Bertz CT molecular complexity index is 627. The summed E-state index contributed by atoms with van der Waals surface area (Å²) in [6, 6.07) is 5.68. The molecule has 0 aliphatic rings. The molecule has 0 aliphatic heterocycles. The van der Waals surface area contributed by atoms with Gasteiger partial charge in [-0.25, -0.2) is 4.39 Å². The molecule has 0 fully saturated rings. The Morgan fingerprint density at radius 3 is 2.53 bits per heavy atom. The van der Waals surface area contributed by atoms with Gasteiger partial charge in [0.25, 0.3) is 0 Å². The molecule has 1 N–H and O–H groups in total. The van der Waals surface area contributed by atoms with Gasteiger partial charge in [0.1, 0.15) is 11.5 Å². The van der Waals surface area contributed by atoms with E-state index in [1.165, 1.54) is 24.3 Å². The molecule has 2 rings (SSSR count). The Kier molecular flexibility index (Phi) is 3.75. The fourth-order valence-corrected chi connectivity index (χ4v) is 1.55. The van der Waals surface area contributed by atoms with Crippen LogP contribution in [0.3, 0.4) is 0 Å². The first kappa shape index (κ1) is 13.0. The normalized spacial score (nSPS) is 12.3. The van der Waals surface area contributed by atoms with Crippen molar-refractivity contribution in [3.05, 3.63) is 58.7 Å². The van der Waals surface area contributed by atoms with Crippen molar-refractivity contribution in [2.24, 2.45) is 5.16 Å². The van der Waals surface area contributed by atoms with E-state index < -0.39 is 0 Å². The summed E-state index contributed by atoms with van der Waals surface area (Å²) in [4.78, 5) is 0. The molecule has 5 heteroatoms. The van der Waals surface area contributed by atoms with Crippen molar-refractivity contribution in [2.45, 2.75) is 13.8 Å². The fourth-order valence-electron chi connectivity index (χ4n) is 1.55. The van der Waals surface area contributed by atoms with Crippen LogP contribution >= 0.6 is 0 Å². The number of nitrogens with zero attached hydrogens (tertiary/aromatic N) is 2. The molecule has 0 atom stereocenters. The maximum Gasteiger partial charge on any atom is 0.162 e. The largest absolute Gasteiger partial charge is 0.410 e. The highest BCUT2D eigenvalue weighted by Crippen LogP contribution is 2.14. The quantitative estimate of drug-likeness (QED) is 0.523. The number of allylic oxidation sites excluding steroid dienone is 1. The summed E-state index contributed by atoms with van der Waals surface area (Å²) in [5.41, 5.74) is 2.65. The van der Waals surface area contributed by atoms with Crippen LogP contribution in [0, 0.1) is 19.7 Å². The summed E-state index contributed by atoms with van der Waals surface area (Å²) in [5, 5.41) is 16.0. The zero-order valence-corrected chi connectivity index (χ0v) is 10.6. The molecule has 19 heavy (non-hydrogen) atoms. The van der Waals surface area contributed by atoms with Gasteiger partial charge in [0, 0.05) is 11.1 Å². The minimum atomic E-state index is -0.341.